The summed E-state index contributed by atoms with van der Waals surface area (Å²) in [4.78, 5) is 13.8. The highest BCUT2D eigenvalue weighted by molar-refractivity contribution is 5.78. The van der Waals surface area contributed by atoms with Gasteiger partial charge in [-0.15, -0.1) is 6.42 Å². The maximum atomic E-state index is 11.8. The Hall–Kier alpha value is -1.01. The van der Waals surface area contributed by atoms with Crippen LogP contribution in [0.4, 0.5) is 0 Å². The molecule has 0 spiro atoms. The molecule has 0 heterocycles. The number of nitrogens with zero attached hydrogens (tertiary/aromatic N) is 1. The Bertz CT molecular complexity index is 231. The van der Waals surface area contributed by atoms with Gasteiger partial charge >= 0.3 is 0 Å². The van der Waals surface area contributed by atoms with Gasteiger partial charge in [-0.2, -0.15) is 0 Å². The largest absolute Gasteiger partial charge is 0.339 e. The van der Waals surface area contributed by atoms with Gasteiger partial charge in [-0.3, -0.25) is 10.1 Å². The van der Waals surface area contributed by atoms with Gasteiger partial charge in [-0.25, -0.2) is 0 Å². The average Bonchev–Trinajstić information content (AvgIpc) is 2.24. The Morgan fingerprint density at radius 2 is 2.12 bits per heavy atom. The molecule has 0 radical (unpaired) electrons. The topological polar surface area (TPSA) is 32.3 Å². The molecule has 0 aromatic rings. The van der Waals surface area contributed by atoms with E-state index in [0.29, 0.717) is 13.1 Å². The zero-order chi connectivity index (χ0) is 12.4. The van der Waals surface area contributed by atoms with E-state index in [1.54, 1.807) is 0 Å². The minimum atomic E-state index is 0.140. The van der Waals surface area contributed by atoms with E-state index in [1.807, 2.05) is 18.7 Å². The molecule has 0 unspecified atom stereocenters. The fourth-order valence-electron chi connectivity index (χ4n) is 1.55. The summed E-state index contributed by atoms with van der Waals surface area (Å²) < 4.78 is 0. The lowest BCUT2D eigenvalue weighted by molar-refractivity contribution is -0.131. The minimum absolute atomic E-state index is 0.140. The van der Waals surface area contributed by atoms with Crippen molar-refractivity contribution in [3.63, 3.8) is 0 Å². The summed E-state index contributed by atoms with van der Waals surface area (Å²) >= 11 is 0. The fourth-order valence-corrected chi connectivity index (χ4v) is 1.55. The summed E-state index contributed by atoms with van der Waals surface area (Å²) in [6.07, 6.45) is 8.54. The standard InChI is InChI=1S/C13H24N2O/c1-5-7-8-10-15(12(3)4)13(16)11-14-9-6-2/h2,12,14H,5,7-11H2,1,3-4H3. The molecule has 0 aliphatic carbocycles. The third-order valence-electron chi connectivity index (χ3n) is 2.45. The number of hydrogen-bond acceptors (Lipinski definition) is 2. The van der Waals surface area contributed by atoms with Crippen molar-refractivity contribution in [2.24, 2.45) is 0 Å². The van der Waals surface area contributed by atoms with E-state index in [4.69, 9.17) is 6.42 Å². The second-order valence-corrected chi connectivity index (χ2v) is 4.20. The zero-order valence-electron chi connectivity index (χ0n) is 10.8. The van der Waals surface area contributed by atoms with Gasteiger partial charge in [0, 0.05) is 12.6 Å². The van der Waals surface area contributed by atoms with E-state index in [9.17, 15) is 4.79 Å². The first kappa shape index (κ1) is 15.0. The first-order chi connectivity index (χ1) is 7.63. The van der Waals surface area contributed by atoms with Crippen LogP contribution in [-0.2, 0) is 4.79 Å². The lowest BCUT2D eigenvalue weighted by atomic mass is 10.2. The first-order valence-electron chi connectivity index (χ1n) is 6.07. The van der Waals surface area contributed by atoms with Gasteiger partial charge in [0.15, 0.2) is 0 Å². The molecule has 0 aromatic heterocycles. The molecule has 1 N–H and O–H groups in total. The van der Waals surface area contributed by atoms with Gasteiger partial charge in [0.05, 0.1) is 13.1 Å². The summed E-state index contributed by atoms with van der Waals surface area (Å²) in [6.45, 7) is 7.90. The predicted octanol–water partition coefficient (Wildman–Crippen LogP) is 1.64. The third kappa shape index (κ3) is 6.47. The van der Waals surface area contributed by atoms with Crippen molar-refractivity contribution in [1.29, 1.82) is 0 Å². The van der Waals surface area contributed by atoms with Gasteiger partial charge < -0.3 is 4.90 Å². The number of carbonyl (C=O) groups is 1. The van der Waals surface area contributed by atoms with Crippen molar-refractivity contribution in [1.82, 2.24) is 10.2 Å². The number of rotatable bonds is 8. The van der Waals surface area contributed by atoms with Crippen LogP contribution in [0.15, 0.2) is 0 Å². The van der Waals surface area contributed by atoms with Crippen LogP contribution in [0.3, 0.4) is 0 Å². The van der Waals surface area contributed by atoms with E-state index in [1.165, 1.54) is 12.8 Å². The highest BCUT2D eigenvalue weighted by Gasteiger charge is 2.15. The molecule has 0 bridgehead atoms. The van der Waals surface area contributed by atoms with Gasteiger partial charge in [0.1, 0.15) is 0 Å². The second-order valence-electron chi connectivity index (χ2n) is 4.20. The fraction of sp³-hybridized carbons (Fsp3) is 0.769. The molecule has 3 nitrogen and oxygen atoms in total. The van der Waals surface area contributed by atoms with E-state index >= 15 is 0 Å². The molecular weight excluding hydrogens is 200 g/mol. The molecule has 1 amide bonds. The first-order valence-corrected chi connectivity index (χ1v) is 6.07. The minimum Gasteiger partial charge on any atom is -0.339 e. The maximum Gasteiger partial charge on any atom is 0.236 e. The summed E-state index contributed by atoms with van der Waals surface area (Å²) in [5.41, 5.74) is 0. The summed E-state index contributed by atoms with van der Waals surface area (Å²) in [5.74, 6) is 2.60. The molecule has 0 atom stereocenters. The molecule has 0 aromatic carbocycles. The van der Waals surface area contributed by atoms with Crippen LogP contribution in [0.25, 0.3) is 0 Å². The molecule has 0 fully saturated rings. The van der Waals surface area contributed by atoms with E-state index < -0.39 is 0 Å². The Kier molecular flexibility index (Phi) is 8.65. The van der Waals surface area contributed by atoms with Crippen molar-refractivity contribution in [3.8, 4) is 12.3 Å². The van der Waals surface area contributed by atoms with Crippen LogP contribution in [-0.4, -0.2) is 36.5 Å². The van der Waals surface area contributed by atoms with Crippen LogP contribution in [0.2, 0.25) is 0 Å². The number of carbonyl (C=O) groups excluding carboxylic acids is 1. The monoisotopic (exact) mass is 224 g/mol. The predicted molar refractivity (Wildman–Crippen MR) is 68.1 cm³/mol. The van der Waals surface area contributed by atoms with Gasteiger partial charge in [0.2, 0.25) is 5.91 Å². The van der Waals surface area contributed by atoms with Crippen LogP contribution in [0.5, 0.6) is 0 Å². The van der Waals surface area contributed by atoms with Crippen molar-refractivity contribution in [3.05, 3.63) is 0 Å². The molecule has 0 rings (SSSR count). The van der Waals surface area contributed by atoms with E-state index in [-0.39, 0.29) is 11.9 Å². The molecule has 0 saturated heterocycles. The third-order valence-corrected chi connectivity index (χ3v) is 2.45. The SMILES string of the molecule is C#CCNCC(=O)N(CCCCC)C(C)C. The lowest BCUT2D eigenvalue weighted by Crippen LogP contribution is -2.42. The average molecular weight is 224 g/mol. The Labute approximate surface area is 99.6 Å². The van der Waals surface area contributed by atoms with Crippen molar-refractivity contribution in [2.75, 3.05) is 19.6 Å². The van der Waals surface area contributed by atoms with Gasteiger partial charge in [0.25, 0.3) is 0 Å². The zero-order valence-corrected chi connectivity index (χ0v) is 10.8. The molecule has 0 aliphatic rings. The van der Waals surface area contributed by atoms with Crippen LogP contribution < -0.4 is 5.32 Å². The van der Waals surface area contributed by atoms with Crippen LogP contribution in [0, 0.1) is 12.3 Å². The van der Waals surface area contributed by atoms with Gasteiger partial charge in [-0.1, -0.05) is 25.7 Å². The highest BCUT2D eigenvalue weighted by Crippen LogP contribution is 2.03. The normalized spacial score (nSPS) is 10.2. The van der Waals surface area contributed by atoms with E-state index in [2.05, 4.69) is 18.2 Å². The number of terminal acetylenes is 1. The van der Waals surface area contributed by atoms with Crippen molar-refractivity contribution < 1.29 is 4.79 Å². The van der Waals surface area contributed by atoms with Crippen LogP contribution in [0.1, 0.15) is 40.0 Å². The Balaban J connectivity index is 3.99. The molecular formula is C13H24N2O. The van der Waals surface area contributed by atoms with Gasteiger partial charge in [-0.05, 0) is 20.3 Å². The van der Waals surface area contributed by atoms with E-state index in [0.717, 1.165) is 13.0 Å². The number of unbranched alkanes of at least 4 members (excludes halogenated alkanes) is 2. The second kappa shape index (κ2) is 9.23. The molecule has 16 heavy (non-hydrogen) atoms. The molecule has 0 aliphatic heterocycles. The lowest BCUT2D eigenvalue weighted by Gasteiger charge is -2.26. The number of amides is 1. The molecule has 3 heteroatoms. The highest BCUT2D eigenvalue weighted by atomic mass is 16.2. The van der Waals surface area contributed by atoms with Crippen LogP contribution >= 0.6 is 0 Å². The Morgan fingerprint density at radius 3 is 2.62 bits per heavy atom. The number of hydrogen-bond donors (Lipinski definition) is 1. The number of nitrogens with one attached hydrogen (secondary N) is 1. The smallest absolute Gasteiger partial charge is 0.236 e. The summed E-state index contributed by atoms with van der Waals surface area (Å²) in [7, 11) is 0. The maximum absolute atomic E-state index is 11.8. The van der Waals surface area contributed by atoms with Crippen molar-refractivity contribution >= 4 is 5.91 Å². The summed E-state index contributed by atoms with van der Waals surface area (Å²) in [5, 5.41) is 2.93. The Morgan fingerprint density at radius 1 is 1.44 bits per heavy atom. The summed E-state index contributed by atoms with van der Waals surface area (Å²) in [6, 6.07) is 0.261. The molecule has 92 valence electrons. The van der Waals surface area contributed by atoms with Crippen molar-refractivity contribution in [2.45, 2.75) is 46.1 Å². The molecule has 0 saturated carbocycles. The quantitative estimate of drug-likeness (QED) is 0.502.